The lowest BCUT2D eigenvalue weighted by atomic mass is 9.93. The quantitative estimate of drug-likeness (QED) is 0.909. The average Bonchev–Trinajstić information content (AvgIpc) is 2.97. The first-order valence-corrected chi connectivity index (χ1v) is 7.52. The second-order valence-corrected chi connectivity index (χ2v) is 6.65. The number of nitrogens with one attached hydrogen (secondary N) is 1. The number of amides is 1. The zero-order valence-corrected chi connectivity index (χ0v) is 12.0. The lowest BCUT2D eigenvalue weighted by Gasteiger charge is -2.22. The summed E-state index contributed by atoms with van der Waals surface area (Å²) in [7, 11) is 0. The van der Waals surface area contributed by atoms with Gasteiger partial charge in [0.25, 0.3) is 5.91 Å². The Bertz CT molecular complexity index is 575. The summed E-state index contributed by atoms with van der Waals surface area (Å²) >= 11 is 4.89. The highest BCUT2D eigenvalue weighted by Gasteiger charge is 2.24. The number of fused-ring (bicyclic) bond motifs is 1. The van der Waals surface area contributed by atoms with E-state index in [0.29, 0.717) is 5.56 Å². The molecule has 2 aromatic heterocycles. The van der Waals surface area contributed by atoms with Crippen molar-refractivity contribution in [3.05, 3.63) is 44.4 Å². The van der Waals surface area contributed by atoms with Gasteiger partial charge < -0.3 is 9.73 Å². The maximum atomic E-state index is 12.1. The third-order valence-corrected chi connectivity index (χ3v) is 4.69. The van der Waals surface area contributed by atoms with Crippen molar-refractivity contribution in [3.8, 4) is 0 Å². The van der Waals surface area contributed by atoms with Gasteiger partial charge in [-0.3, -0.25) is 4.79 Å². The highest BCUT2D eigenvalue weighted by Crippen LogP contribution is 2.31. The summed E-state index contributed by atoms with van der Waals surface area (Å²) in [6.45, 7) is 0. The molecule has 0 radical (unpaired) electrons. The van der Waals surface area contributed by atoms with Gasteiger partial charge in [0.1, 0.15) is 5.76 Å². The second-order valence-electron chi connectivity index (χ2n) is 4.36. The molecule has 1 aliphatic carbocycles. The minimum atomic E-state index is -0.0176. The van der Waals surface area contributed by atoms with Crippen LogP contribution in [-0.4, -0.2) is 5.91 Å². The first kappa shape index (κ1) is 12.0. The molecule has 2 heterocycles. The van der Waals surface area contributed by atoms with E-state index in [9.17, 15) is 4.79 Å². The highest BCUT2D eigenvalue weighted by molar-refractivity contribution is 9.11. The molecule has 3 nitrogen and oxygen atoms in total. The molecule has 1 aliphatic rings. The SMILES string of the molecule is O=C(NC1CCCc2occc21)c1csc(Br)c1. The first-order chi connectivity index (χ1) is 8.74. The van der Waals surface area contributed by atoms with E-state index < -0.39 is 0 Å². The number of furan rings is 1. The zero-order chi connectivity index (χ0) is 12.5. The summed E-state index contributed by atoms with van der Waals surface area (Å²) in [5.41, 5.74) is 1.84. The van der Waals surface area contributed by atoms with E-state index >= 15 is 0 Å². The molecule has 0 fully saturated rings. The summed E-state index contributed by atoms with van der Waals surface area (Å²) in [5.74, 6) is 0.994. The van der Waals surface area contributed by atoms with Crippen molar-refractivity contribution >= 4 is 33.2 Å². The maximum Gasteiger partial charge on any atom is 0.252 e. The lowest BCUT2D eigenvalue weighted by molar-refractivity contribution is 0.0932. The fourth-order valence-corrected chi connectivity index (χ4v) is 3.44. The van der Waals surface area contributed by atoms with E-state index in [0.717, 1.165) is 34.4 Å². The van der Waals surface area contributed by atoms with Gasteiger partial charge in [0, 0.05) is 17.4 Å². The minimum Gasteiger partial charge on any atom is -0.469 e. The van der Waals surface area contributed by atoms with Gasteiger partial charge in [0.2, 0.25) is 0 Å². The molecule has 1 N–H and O–H groups in total. The Morgan fingerprint density at radius 2 is 2.44 bits per heavy atom. The van der Waals surface area contributed by atoms with Gasteiger partial charge in [-0.15, -0.1) is 11.3 Å². The van der Waals surface area contributed by atoms with Crippen molar-refractivity contribution in [1.82, 2.24) is 5.32 Å². The number of carbonyl (C=O) groups excluding carboxylic acids is 1. The van der Waals surface area contributed by atoms with E-state index in [1.165, 1.54) is 11.3 Å². The highest BCUT2D eigenvalue weighted by atomic mass is 79.9. The molecule has 5 heteroatoms. The lowest BCUT2D eigenvalue weighted by Crippen LogP contribution is -2.30. The van der Waals surface area contributed by atoms with Crippen LogP contribution in [0.4, 0.5) is 0 Å². The standard InChI is InChI=1S/C13H12BrNO2S/c14-12-6-8(7-18-12)13(16)15-10-2-1-3-11-9(10)4-5-17-11/h4-7,10H,1-3H2,(H,15,16). The van der Waals surface area contributed by atoms with Crippen molar-refractivity contribution < 1.29 is 9.21 Å². The van der Waals surface area contributed by atoms with E-state index in [-0.39, 0.29) is 11.9 Å². The number of halogens is 1. The van der Waals surface area contributed by atoms with Crippen molar-refractivity contribution in [2.75, 3.05) is 0 Å². The molecule has 3 rings (SSSR count). The topological polar surface area (TPSA) is 42.2 Å². The number of aryl methyl sites for hydroxylation is 1. The maximum absolute atomic E-state index is 12.1. The smallest absolute Gasteiger partial charge is 0.252 e. The molecule has 0 saturated carbocycles. The Labute approximate surface area is 117 Å². The third kappa shape index (κ3) is 2.24. The van der Waals surface area contributed by atoms with Crippen LogP contribution in [-0.2, 0) is 6.42 Å². The van der Waals surface area contributed by atoms with E-state index in [4.69, 9.17) is 4.42 Å². The first-order valence-electron chi connectivity index (χ1n) is 5.85. The summed E-state index contributed by atoms with van der Waals surface area (Å²) in [6, 6.07) is 3.89. The van der Waals surface area contributed by atoms with Crippen LogP contribution in [0.1, 0.15) is 40.6 Å². The Morgan fingerprint density at radius 3 is 3.22 bits per heavy atom. The molecule has 1 unspecified atom stereocenters. The number of carbonyl (C=O) groups is 1. The molecule has 1 amide bonds. The molecule has 0 aromatic carbocycles. The van der Waals surface area contributed by atoms with E-state index in [2.05, 4.69) is 21.2 Å². The van der Waals surface area contributed by atoms with E-state index in [1.807, 2.05) is 17.5 Å². The monoisotopic (exact) mass is 325 g/mol. The summed E-state index contributed by atoms with van der Waals surface area (Å²) < 4.78 is 6.39. The van der Waals surface area contributed by atoms with Crippen LogP contribution in [0, 0.1) is 0 Å². The number of hydrogen-bond donors (Lipinski definition) is 1. The van der Waals surface area contributed by atoms with Crippen LogP contribution in [0.25, 0.3) is 0 Å². The Morgan fingerprint density at radius 1 is 1.56 bits per heavy atom. The molecule has 0 aliphatic heterocycles. The van der Waals surface area contributed by atoms with Crippen LogP contribution >= 0.6 is 27.3 Å². The zero-order valence-electron chi connectivity index (χ0n) is 9.61. The molecular weight excluding hydrogens is 314 g/mol. The predicted octanol–water partition coefficient (Wildman–Crippen LogP) is 3.91. The van der Waals surface area contributed by atoms with Crippen LogP contribution in [0.3, 0.4) is 0 Å². The Hall–Kier alpha value is -1.07. The fraction of sp³-hybridized carbons (Fsp3) is 0.308. The van der Waals surface area contributed by atoms with Gasteiger partial charge in [-0.25, -0.2) is 0 Å². The fourth-order valence-electron chi connectivity index (χ4n) is 2.31. The average molecular weight is 326 g/mol. The van der Waals surface area contributed by atoms with Crippen LogP contribution < -0.4 is 5.32 Å². The summed E-state index contributed by atoms with van der Waals surface area (Å²) in [6.07, 6.45) is 4.71. The number of thiophene rings is 1. The van der Waals surface area contributed by atoms with Crippen molar-refractivity contribution in [2.24, 2.45) is 0 Å². The van der Waals surface area contributed by atoms with Gasteiger partial charge in [0.15, 0.2) is 0 Å². The Kier molecular flexibility index (Phi) is 3.26. The summed E-state index contributed by atoms with van der Waals surface area (Å²) in [5, 5.41) is 4.94. The molecule has 18 heavy (non-hydrogen) atoms. The van der Waals surface area contributed by atoms with Gasteiger partial charge in [-0.05, 0) is 40.9 Å². The largest absolute Gasteiger partial charge is 0.469 e. The van der Waals surface area contributed by atoms with Gasteiger partial charge in [-0.1, -0.05) is 0 Å². The van der Waals surface area contributed by atoms with Crippen LogP contribution in [0.5, 0.6) is 0 Å². The van der Waals surface area contributed by atoms with Crippen LogP contribution in [0.2, 0.25) is 0 Å². The van der Waals surface area contributed by atoms with Crippen molar-refractivity contribution in [1.29, 1.82) is 0 Å². The molecule has 0 bridgehead atoms. The number of rotatable bonds is 2. The molecule has 2 aromatic rings. The van der Waals surface area contributed by atoms with Gasteiger partial charge >= 0.3 is 0 Å². The van der Waals surface area contributed by atoms with Gasteiger partial charge in [0.05, 0.1) is 21.7 Å². The Balaban J connectivity index is 1.77. The summed E-state index contributed by atoms with van der Waals surface area (Å²) in [4.78, 5) is 12.1. The molecule has 0 saturated heterocycles. The molecular formula is C13H12BrNO2S. The normalized spacial score (nSPS) is 18.4. The van der Waals surface area contributed by atoms with E-state index in [1.54, 1.807) is 6.26 Å². The van der Waals surface area contributed by atoms with Crippen molar-refractivity contribution in [2.45, 2.75) is 25.3 Å². The molecule has 0 spiro atoms. The van der Waals surface area contributed by atoms with Crippen LogP contribution in [0.15, 0.2) is 32.0 Å². The minimum absolute atomic E-state index is 0.0176. The third-order valence-electron chi connectivity index (χ3n) is 3.19. The molecule has 1 atom stereocenters. The second kappa shape index (κ2) is 4.90. The predicted molar refractivity (Wildman–Crippen MR) is 73.9 cm³/mol. The number of hydrogen-bond acceptors (Lipinski definition) is 3. The van der Waals surface area contributed by atoms with Gasteiger partial charge in [-0.2, -0.15) is 0 Å². The van der Waals surface area contributed by atoms with Crippen molar-refractivity contribution in [3.63, 3.8) is 0 Å². The molecule has 94 valence electrons.